The molecule has 0 unspecified atom stereocenters. The minimum Gasteiger partial charge on any atom is -0.295 e. The summed E-state index contributed by atoms with van der Waals surface area (Å²) in [6, 6.07) is 4.39. The van der Waals surface area contributed by atoms with Gasteiger partial charge in [0, 0.05) is 0 Å². The maximum Gasteiger partial charge on any atom is 0.416 e. The van der Waals surface area contributed by atoms with Crippen molar-refractivity contribution in [2.75, 3.05) is 0 Å². The van der Waals surface area contributed by atoms with Gasteiger partial charge in [-0.25, -0.2) is 4.79 Å². The number of nitrogens with one attached hydrogen (secondary N) is 1. The largest absolute Gasteiger partial charge is 0.416 e. The lowest BCUT2D eigenvalue weighted by atomic mass is 10.2. The van der Waals surface area contributed by atoms with E-state index >= 15 is 0 Å². The van der Waals surface area contributed by atoms with Crippen LogP contribution in [0.15, 0.2) is 35.4 Å². The number of benzene rings is 1. The monoisotopic (exact) mass is 229 g/mol. The summed E-state index contributed by atoms with van der Waals surface area (Å²) in [6.07, 6.45) is -3.32. The van der Waals surface area contributed by atoms with E-state index in [1.54, 1.807) is 0 Å². The zero-order valence-corrected chi connectivity index (χ0v) is 7.82. The van der Waals surface area contributed by atoms with Crippen LogP contribution >= 0.6 is 0 Å². The minimum absolute atomic E-state index is 0.0704. The summed E-state index contributed by atoms with van der Waals surface area (Å²) in [4.78, 5) is 13.4. The van der Waals surface area contributed by atoms with Gasteiger partial charge in [-0.05, 0) is 18.2 Å². The molecule has 7 heteroatoms. The first-order valence-corrected chi connectivity index (χ1v) is 4.29. The van der Waals surface area contributed by atoms with Crippen LogP contribution in [0.4, 0.5) is 13.2 Å². The third kappa shape index (κ3) is 1.83. The highest BCUT2D eigenvalue weighted by molar-refractivity contribution is 5.35. The smallest absolute Gasteiger partial charge is 0.295 e. The molecule has 4 nitrogen and oxygen atoms in total. The highest BCUT2D eigenvalue weighted by Gasteiger charge is 2.30. The van der Waals surface area contributed by atoms with Gasteiger partial charge in [-0.15, -0.1) is 0 Å². The molecule has 0 saturated heterocycles. The molecule has 0 aliphatic rings. The van der Waals surface area contributed by atoms with Gasteiger partial charge in [0.25, 0.3) is 0 Å². The second kappa shape index (κ2) is 3.51. The summed E-state index contributed by atoms with van der Waals surface area (Å²) >= 11 is 0. The van der Waals surface area contributed by atoms with Crippen molar-refractivity contribution in [1.29, 1.82) is 0 Å². The van der Waals surface area contributed by atoms with E-state index in [1.807, 2.05) is 0 Å². The summed E-state index contributed by atoms with van der Waals surface area (Å²) in [5.74, 6) is 0. The summed E-state index contributed by atoms with van der Waals surface area (Å²) in [7, 11) is 0. The van der Waals surface area contributed by atoms with Gasteiger partial charge in [-0.2, -0.15) is 23.0 Å². The molecule has 16 heavy (non-hydrogen) atoms. The molecule has 0 aliphatic heterocycles. The van der Waals surface area contributed by atoms with Crippen LogP contribution in [0.3, 0.4) is 0 Å². The number of hydrogen-bond acceptors (Lipinski definition) is 2. The lowest BCUT2D eigenvalue weighted by molar-refractivity contribution is -0.137. The Morgan fingerprint density at radius 3 is 2.62 bits per heavy atom. The topological polar surface area (TPSA) is 50.7 Å². The van der Waals surface area contributed by atoms with Crippen molar-refractivity contribution in [1.82, 2.24) is 14.8 Å². The van der Waals surface area contributed by atoms with Crippen LogP contribution in [-0.2, 0) is 6.18 Å². The van der Waals surface area contributed by atoms with Crippen LogP contribution in [0.25, 0.3) is 5.69 Å². The van der Waals surface area contributed by atoms with Gasteiger partial charge < -0.3 is 0 Å². The van der Waals surface area contributed by atoms with Crippen LogP contribution in [0, 0.1) is 0 Å². The van der Waals surface area contributed by atoms with E-state index in [9.17, 15) is 18.0 Å². The van der Waals surface area contributed by atoms with Gasteiger partial charge in [0.1, 0.15) is 6.33 Å². The molecule has 0 amide bonds. The predicted molar refractivity (Wildman–Crippen MR) is 49.2 cm³/mol. The summed E-state index contributed by atoms with van der Waals surface area (Å²) in [5, 5.41) is 3.59. The lowest BCUT2D eigenvalue weighted by Gasteiger charge is -2.07. The Balaban J connectivity index is 2.53. The van der Waals surface area contributed by atoms with Crippen molar-refractivity contribution in [3.8, 4) is 5.69 Å². The van der Waals surface area contributed by atoms with Crippen LogP contribution in [0.5, 0.6) is 0 Å². The van der Waals surface area contributed by atoms with E-state index in [0.29, 0.717) is 0 Å². The molecular formula is C9H6F3N3O. The second-order valence-corrected chi connectivity index (χ2v) is 3.05. The Hall–Kier alpha value is -2.05. The number of alkyl halides is 3. The molecule has 0 bridgehead atoms. The fourth-order valence-electron chi connectivity index (χ4n) is 1.25. The zero-order chi connectivity index (χ0) is 11.8. The molecule has 2 aromatic rings. The van der Waals surface area contributed by atoms with E-state index in [4.69, 9.17) is 0 Å². The fourth-order valence-corrected chi connectivity index (χ4v) is 1.25. The van der Waals surface area contributed by atoms with Crippen molar-refractivity contribution in [3.05, 3.63) is 46.6 Å². The van der Waals surface area contributed by atoms with Gasteiger partial charge in [-0.1, -0.05) is 6.07 Å². The maximum atomic E-state index is 12.4. The van der Waals surface area contributed by atoms with E-state index in [0.717, 1.165) is 23.1 Å². The molecule has 1 aromatic carbocycles. The Labute approximate surface area is 87.3 Å². The molecule has 1 aromatic heterocycles. The van der Waals surface area contributed by atoms with Crippen molar-refractivity contribution in [2.45, 2.75) is 6.18 Å². The molecule has 0 aliphatic carbocycles. The molecule has 84 valence electrons. The average Bonchev–Trinajstić information content (AvgIpc) is 2.63. The Morgan fingerprint density at radius 2 is 2.06 bits per heavy atom. The Bertz CT molecular complexity index is 555. The highest BCUT2D eigenvalue weighted by Crippen LogP contribution is 2.29. The number of halogens is 3. The van der Waals surface area contributed by atoms with Crippen LogP contribution in [-0.4, -0.2) is 14.8 Å². The van der Waals surface area contributed by atoms with Crippen LogP contribution < -0.4 is 5.69 Å². The zero-order valence-electron chi connectivity index (χ0n) is 7.82. The summed E-state index contributed by atoms with van der Waals surface area (Å²) in [5.41, 5.74) is -1.33. The molecule has 0 atom stereocenters. The summed E-state index contributed by atoms with van der Waals surface area (Å²) < 4.78 is 38.0. The third-order valence-corrected chi connectivity index (χ3v) is 1.97. The van der Waals surface area contributed by atoms with Gasteiger partial charge in [0.2, 0.25) is 0 Å². The molecule has 1 heterocycles. The maximum absolute atomic E-state index is 12.4. The molecule has 0 saturated carbocycles. The molecule has 0 radical (unpaired) electrons. The van der Waals surface area contributed by atoms with Crippen molar-refractivity contribution >= 4 is 0 Å². The second-order valence-electron chi connectivity index (χ2n) is 3.05. The number of hydrogen-bond donors (Lipinski definition) is 1. The first-order valence-electron chi connectivity index (χ1n) is 4.29. The normalized spacial score (nSPS) is 11.7. The van der Waals surface area contributed by atoms with Gasteiger partial charge in [0.05, 0.1) is 11.3 Å². The van der Waals surface area contributed by atoms with Crippen LogP contribution in [0.2, 0.25) is 0 Å². The van der Waals surface area contributed by atoms with E-state index < -0.39 is 17.4 Å². The first-order chi connectivity index (χ1) is 7.48. The van der Waals surface area contributed by atoms with Crippen molar-refractivity contribution < 1.29 is 13.2 Å². The highest BCUT2D eigenvalue weighted by atomic mass is 19.4. The number of H-pyrrole nitrogens is 1. The average molecular weight is 229 g/mol. The number of aromatic nitrogens is 3. The van der Waals surface area contributed by atoms with Gasteiger partial charge in [-0.3, -0.25) is 4.98 Å². The third-order valence-electron chi connectivity index (χ3n) is 1.97. The quantitative estimate of drug-likeness (QED) is 0.807. The Morgan fingerprint density at radius 1 is 1.31 bits per heavy atom. The SMILES string of the molecule is O=c1[nH]cnn1-c1cccc(C(F)(F)F)c1. The van der Waals surface area contributed by atoms with E-state index in [2.05, 4.69) is 10.1 Å². The Kier molecular flexibility index (Phi) is 2.30. The van der Waals surface area contributed by atoms with Gasteiger partial charge >= 0.3 is 11.9 Å². The number of aromatic amines is 1. The van der Waals surface area contributed by atoms with E-state index in [-0.39, 0.29) is 5.69 Å². The van der Waals surface area contributed by atoms with E-state index in [1.165, 1.54) is 12.1 Å². The molecule has 0 spiro atoms. The van der Waals surface area contributed by atoms with Crippen molar-refractivity contribution in [3.63, 3.8) is 0 Å². The fraction of sp³-hybridized carbons (Fsp3) is 0.111. The van der Waals surface area contributed by atoms with Crippen molar-refractivity contribution in [2.24, 2.45) is 0 Å². The molecular weight excluding hydrogens is 223 g/mol. The predicted octanol–water partition coefficient (Wildman–Crippen LogP) is 1.58. The summed E-state index contributed by atoms with van der Waals surface area (Å²) in [6.45, 7) is 0. The molecule has 1 N–H and O–H groups in total. The standard InChI is InChI=1S/C9H6F3N3O/c10-9(11,12)6-2-1-3-7(4-6)15-8(16)13-5-14-15/h1-5H,(H,13,14,16). The van der Waals surface area contributed by atoms with Crippen LogP contribution in [0.1, 0.15) is 5.56 Å². The first kappa shape index (κ1) is 10.5. The van der Waals surface area contributed by atoms with Gasteiger partial charge in [0.15, 0.2) is 0 Å². The molecule has 2 rings (SSSR count). The number of nitrogens with zero attached hydrogens (tertiary/aromatic N) is 2. The minimum atomic E-state index is -4.43. The molecule has 0 fully saturated rings. The number of rotatable bonds is 1. The lowest BCUT2D eigenvalue weighted by Crippen LogP contribution is -2.16.